The maximum absolute atomic E-state index is 16.1. The Hall–Kier alpha value is -4.90. The summed E-state index contributed by atoms with van der Waals surface area (Å²) >= 11 is 0. The topological polar surface area (TPSA) is 106 Å². The van der Waals surface area contributed by atoms with Crippen LogP contribution in [0.2, 0.25) is 0 Å². The number of aromatic nitrogens is 1. The first-order valence-corrected chi connectivity index (χ1v) is 14.3. The van der Waals surface area contributed by atoms with Gasteiger partial charge in [-0.3, -0.25) is 14.4 Å². The number of rotatable bonds is 3. The first-order chi connectivity index (χ1) is 20.9. The predicted molar refractivity (Wildman–Crippen MR) is 158 cm³/mol. The highest BCUT2D eigenvalue weighted by atomic mass is 19.1. The number of hydrogen-bond donors (Lipinski definition) is 1. The monoisotopic (exact) mass is 582 g/mol. The molecule has 8 rings (SSSR count). The molecule has 43 heavy (non-hydrogen) atoms. The molecule has 218 valence electrons. The number of ether oxygens (including phenoxy) is 2. The highest BCUT2D eigenvalue weighted by molar-refractivity contribution is 6.07. The van der Waals surface area contributed by atoms with Gasteiger partial charge in [0.2, 0.25) is 11.3 Å². The van der Waals surface area contributed by atoms with Crippen LogP contribution in [-0.4, -0.2) is 66.7 Å². The fraction of sp³-hybridized carbons (Fsp3) is 0.281. The summed E-state index contributed by atoms with van der Waals surface area (Å²) in [5.74, 6) is -0.587. The van der Waals surface area contributed by atoms with Crippen molar-refractivity contribution in [2.24, 2.45) is 0 Å². The lowest BCUT2D eigenvalue weighted by atomic mass is 10.0. The number of para-hydroxylation sites is 1. The summed E-state index contributed by atoms with van der Waals surface area (Å²) in [5.41, 5.74) is 1.84. The maximum Gasteiger partial charge on any atom is 0.259 e. The van der Waals surface area contributed by atoms with Gasteiger partial charge in [-0.1, -0.05) is 18.2 Å². The van der Waals surface area contributed by atoms with Crippen LogP contribution in [0.15, 0.2) is 57.9 Å². The van der Waals surface area contributed by atoms with Gasteiger partial charge in [-0.25, -0.2) is 4.39 Å². The fourth-order valence-corrected chi connectivity index (χ4v) is 6.58. The minimum atomic E-state index is -0.635. The molecule has 3 aromatic carbocycles. The molecule has 2 saturated heterocycles. The number of halogens is 1. The molecule has 10 nitrogen and oxygen atoms in total. The van der Waals surface area contributed by atoms with Gasteiger partial charge in [0.05, 0.1) is 24.3 Å². The number of nitrogens with one attached hydrogen (secondary N) is 1. The van der Waals surface area contributed by atoms with Crippen LogP contribution in [0.1, 0.15) is 23.7 Å². The molecule has 2 fully saturated rings. The number of furan rings is 1. The molecule has 0 unspecified atom stereocenters. The average Bonchev–Trinajstić information content (AvgIpc) is 3.61. The molecule has 5 heterocycles. The molecule has 1 N–H and O–H groups in total. The predicted octanol–water partition coefficient (Wildman–Crippen LogP) is 4.32. The van der Waals surface area contributed by atoms with Gasteiger partial charge in [-0.2, -0.15) is 0 Å². The van der Waals surface area contributed by atoms with Crippen molar-refractivity contribution >= 4 is 50.3 Å². The zero-order chi connectivity index (χ0) is 29.4. The number of morpholine rings is 1. The lowest BCUT2D eigenvalue weighted by molar-refractivity contribution is -0.119. The minimum Gasteiger partial charge on any atom is -0.456 e. The molecule has 1 atom stereocenters. The highest BCUT2D eigenvalue weighted by Crippen LogP contribution is 2.49. The number of amides is 2. The molecule has 3 aliphatic rings. The van der Waals surface area contributed by atoms with Crippen molar-refractivity contribution in [3.63, 3.8) is 0 Å². The van der Waals surface area contributed by atoms with Crippen molar-refractivity contribution in [2.45, 2.75) is 19.4 Å². The van der Waals surface area contributed by atoms with E-state index in [9.17, 15) is 14.4 Å². The van der Waals surface area contributed by atoms with Crippen LogP contribution in [0.3, 0.4) is 0 Å². The number of pyridine rings is 1. The minimum absolute atomic E-state index is 0.0447. The Labute approximate surface area is 244 Å². The number of hydrogen-bond acceptors (Lipinski definition) is 7. The Bertz CT molecular complexity index is 2060. The standard InChI is InChI=1S/C32H27FN4O6/c1-17(38)34-18-6-7-36(15-18)29-23(33)12-21-28-31(29)43-27-13-20-19-4-2-3-5-25(19)42-26(20)14-24(27)37(28)16-22(30(21)39)32(40)35-8-10-41-11-9-35/h2-5,12-14,16,18H,6-11,15H2,1H3,(H,34,38)/t18-/m1/s1. The van der Waals surface area contributed by atoms with Gasteiger partial charge in [0.25, 0.3) is 5.91 Å². The molecule has 2 amide bonds. The van der Waals surface area contributed by atoms with Crippen molar-refractivity contribution < 1.29 is 27.9 Å². The van der Waals surface area contributed by atoms with Gasteiger partial charge in [0.1, 0.15) is 27.9 Å². The van der Waals surface area contributed by atoms with Gasteiger partial charge in [0.15, 0.2) is 17.3 Å². The van der Waals surface area contributed by atoms with Crippen molar-refractivity contribution in [1.29, 1.82) is 0 Å². The van der Waals surface area contributed by atoms with Crippen molar-refractivity contribution in [1.82, 2.24) is 14.8 Å². The van der Waals surface area contributed by atoms with E-state index in [1.165, 1.54) is 19.2 Å². The summed E-state index contributed by atoms with van der Waals surface area (Å²) in [4.78, 5) is 42.6. The SMILES string of the molecule is CC(=O)N[C@@H]1CCN(c2c(F)cc3c(=O)c(C(=O)N4CCOCC4)cn4c3c2Oc2cc3c(cc2-4)oc2ccccc23)C1. The van der Waals surface area contributed by atoms with E-state index < -0.39 is 17.2 Å². The van der Waals surface area contributed by atoms with Crippen LogP contribution >= 0.6 is 0 Å². The summed E-state index contributed by atoms with van der Waals surface area (Å²) in [6.07, 6.45) is 2.17. The average molecular weight is 583 g/mol. The number of fused-ring (bicyclic) bond motifs is 5. The van der Waals surface area contributed by atoms with Gasteiger partial charge >= 0.3 is 0 Å². The second-order valence-corrected chi connectivity index (χ2v) is 11.2. The lowest BCUT2D eigenvalue weighted by Crippen LogP contribution is -2.42. The summed E-state index contributed by atoms with van der Waals surface area (Å²) in [6, 6.07) is 12.4. The number of carbonyl (C=O) groups is 2. The second-order valence-electron chi connectivity index (χ2n) is 11.2. The summed E-state index contributed by atoms with van der Waals surface area (Å²) in [6.45, 7) is 3.81. The molecule has 5 aromatic rings. The third-order valence-corrected chi connectivity index (χ3v) is 8.54. The molecule has 0 spiro atoms. The van der Waals surface area contributed by atoms with Crippen LogP contribution < -0.4 is 20.4 Å². The van der Waals surface area contributed by atoms with Crippen molar-refractivity contribution in [2.75, 3.05) is 44.3 Å². The Kier molecular flexibility index (Phi) is 5.73. The molecule has 0 radical (unpaired) electrons. The van der Waals surface area contributed by atoms with Crippen LogP contribution in [0.5, 0.6) is 11.5 Å². The Morgan fingerprint density at radius 1 is 1.00 bits per heavy atom. The zero-order valence-corrected chi connectivity index (χ0v) is 23.3. The third kappa shape index (κ3) is 3.98. The number of benzene rings is 3. The Morgan fingerprint density at radius 3 is 2.63 bits per heavy atom. The van der Waals surface area contributed by atoms with E-state index in [2.05, 4.69) is 5.32 Å². The largest absolute Gasteiger partial charge is 0.456 e. The fourth-order valence-electron chi connectivity index (χ4n) is 6.58. The second kappa shape index (κ2) is 9.56. The quantitative estimate of drug-likeness (QED) is 0.331. The number of carbonyl (C=O) groups excluding carboxylic acids is 2. The van der Waals surface area contributed by atoms with Gasteiger partial charge in [-0.15, -0.1) is 0 Å². The van der Waals surface area contributed by atoms with Crippen LogP contribution in [-0.2, 0) is 9.53 Å². The summed E-state index contributed by atoms with van der Waals surface area (Å²) < 4.78 is 35.9. The van der Waals surface area contributed by atoms with Gasteiger partial charge in [-0.05, 0) is 24.6 Å². The summed E-state index contributed by atoms with van der Waals surface area (Å²) in [7, 11) is 0. The summed E-state index contributed by atoms with van der Waals surface area (Å²) in [5, 5.41) is 4.68. The van der Waals surface area contributed by atoms with Crippen LogP contribution in [0.4, 0.5) is 10.1 Å². The first kappa shape index (κ1) is 25.8. The Morgan fingerprint density at radius 2 is 1.81 bits per heavy atom. The van der Waals surface area contributed by atoms with Crippen LogP contribution in [0, 0.1) is 5.82 Å². The number of anilines is 1. The van der Waals surface area contributed by atoms with E-state index in [1.807, 2.05) is 41.3 Å². The Balaban J connectivity index is 1.37. The van der Waals surface area contributed by atoms with E-state index in [4.69, 9.17) is 13.9 Å². The molecule has 0 aliphatic carbocycles. The molecule has 3 aliphatic heterocycles. The third-order valence-electron chi connectivity index (χ3n) is 8.54. The van der Waals surface area contributed by atoms with E-state index in [-0.39, 0.29) is 34.3 Å². The smallest absolute Gasteiger partial charge is 0.259 e. The molecule has 0 bridgehead atoms. The van der Waals surface area contributed by atoms with Gasteiger partial charge < -0.3 is 33.6 Å². The number of nitrogens with zero attached hydrogens (tertiary/aromatic N) is 3. The van der Waals surface area contributed by atoms with Gasteiger partial charge in [0, 0.05) is 62.2 Å². The molecule has 2 aromatic heterocycles. The highest BCUT2D eigenvalue weighted by Gasteiger charge is 2.34. The van der Waals surface area contributed by atoms with E-state index in [0.29, 0.717) is 73.9 Å². The van der Waals surface area contributed by atoms with Crippen LogP contribution in [0.25, 0.3) is 38.5 Å². The first-order valence-electron chi connectivity index (χ1n) is 14.3. The molecule has 0 saturated carbocycles. The van der Waals surface area contributed by atoms with Crippen molar-refractivity contribution in [3.05, 3.63) is 70.3 Å². The zero-order valence-electron chi connectivity index (χ0n) is 23.3. The van der Waals surface area contributed by atoms with E-state index >= 15 is 4.39 Å². The maximum atomic E-state index is 16.1. The molecular weight excluding hydrogens is 555 g/mol. The normalized spacial score (nSPS) is 17.9. The van der Waals surface area contributed by atoms with Crippen molar-refractivity contribution in [3.8, 4) is 17.2 Å². The van der Waals surface area contributed by atoms with E-state index in [0.717, 1.165) is 10.8 Å². The lowest BCUT2D eigenvalue weighted by Gasteiger charge is -2.30. The van der Waals surface area contributed by atoms with E-state index in [1.54, 1.807) is 9.47 Å². The molecule has 11 heteroatoms. The molecular formula is C32H27FN4O6.